The SMILES string of the molecule is CC(C)(C)OC(=O)[C@H](CCC(=O)C=[N+]=[N-])NC(=O)[C@@H](N)CCC(=O)C=[N+]=[N-]. The van der Waals surface area contributed by atoms with E-state index in [-0.39, 0.29) is 25.7 Å². The second-order valence-corrected chi connectivity index (χ2v) is 6.70. The van der Waals surface area contributed by atoms with Crippen LogP contribution in [0.1, 0.15) is 46.5 Å². The number of hydrogen-bond donors (Lipinski definition) is 2. The van der Waals surface area contributed by atoms with E-state index in [0.29, 0.717) is 12.4 Å². The van der Waals surface area contributed by atoms with Crippen LogP contribution in [0, 0.1) is 0 Å². The summed E-state index contributed by atoms with van der Waals surface area (Å²) in [5.41, 5.74) is 21.5. The molecular weight excluding hydrogens is 356 g/mol. The number of esters is 1. The van der Waals surface area contributed by atoms with Gasteiger partial charge >= 0.3 is 18.4 Å². The molecule has 2 atom stereocenters. The monoisotopic (exact) mass is 380 g/mol. The van der Waals surface area contributed by atoms with Crippen LogP contribution in [-0.2, 0) is 23.9 Å². The number of carbonyl (C=O) groups is 4. The topological polar surface area (TPSA) is 188 Å². The molecule has 0 rings (SSSR count). The highest BCUT2D eigenvalue weighted by Crippen LogP contribution is 2.11. The van der Waals surface area contributed by atoms with Gasteiger partial charge in [0.2, 0.25) is 17.5 Å². The summed E-state index contributed by atoms with van der Waals surface area (Å²) in [6.07, 6.45) is 0.967. The summed E-state index contributed by atoms with van der Waals surface area (Å²) < 4.78 is 5.21. The zero-order valence-corrected chi connectivity index (χ0v) is 15.5. The molecule has 0 spiro atoms. The molecule has 0 aliphatic heterocycles. The van der Waals surface area contributed by atoms with E-state index in [0.717, 1.165) is 0 Å². The van der Waals surface area contributed by atoms with Crippen molar-refractivity contribution in [3.05, 3.63) is 11.1 Å². The van der Waals surface area contributed by atoms with Crippen LogP contribution in [0.15, 0.2) is 0 Å². The third-order valence-corrected chi connectivity index (χ3v) is 3.13. The van der Waals surface area contributed by atoms with Crippen molar-refractivity contribution in [2.75, 3.05) is 0 Å². The van der Waals surface area contributed by atoms with Crippen molar-refractivity contribution in [1.82, 2.24) is 5.32 Å². The van der Waals surface area contributed by atoms with Gasteiger partial charge in [-0.2, -0.15) is 9.58 Å². The summed E-state index contributed by atoms with van der Waals surface area (Å²) in [4.78, 5) is 52.3. The predicted octanol–water partition coefficient (Wildman–Crippen LogP) is -0.560. The fraction of sp³-hybridized carbons (Fsp3) is 0.625. The highest BCUT2D eigenvalue weighted by molar-refractivity contribution is 6.25. The smallest absolute Gasteiger partial charge is 0.329 e. The molecule has 3 N–H and O–H groups in total. The van der Waals surface area contributed by atoms with Gasteiger partial charge in [-0.25, -0.2) is 4.79 Å². The molecule has 0 aromatic carbocycles. The second-order valence-electron chi connectivity index (χ2n) is 6.70. The Kier molecular flexibility index (Phi) is 10.3. The third kappa shape index (κ3) is 11.3. The Bertz CT molecular complexity index is 671. The first-order chi connectivity index (χ1) is 12.5. The molecule has 0 saturated heterocycles. The van der Waals surface area contributed by atoms with E-state index in [4.69, 9.17) is 21.5 Å². The van der Waals surface area contributed by atoms with Crippen LogP contribution in [-0.4, -0.2) is 63.1 Å². The molecule has 0 aromatic heterocycles. The Hall–Kier alpha value is -3.00. The number of nitrogens with zero attached hydrogens (tertiary/aromatic N) is 4. The maximum absolute atomic E-state index is 12.3. The van der Waals surface area contributed by atoms with Crippen LogP contribution < -0.4 is 11.1 Å². The lowest BCUT2D eigenvalue weighted by Gasteiger charge is -2.25. The molecule has 0 saturated carbocycles. The Morgan fingerprint density at radius 3 is 1.96 bits per heavy atom. The minimum absolute atomic E-state index is 0.0339. The molecule has 11 heteroatoms. The summed E-state index contributed by atoms with van der Waals surface area (Å²) in [7, 11) is 0. The van der Waals surface area contributed by atoms with Crippen molar-refractivity contribution >= 4 is 35.9 Å². The first kappa shape index (κ1) is 24.0. The summed E-state index contributed by atoms with van der Waals surface area (Å²) in [5, 5.41) is 2.40. The van der Waals surface area contributed by atoms with E-state index in [1.54, 1.807) is 20.8 Å². The van der Waals surface area contributed by atoms with E-state index in [1.165, 1.54) is 0 Å². The Balaban J connectivity index is 4.98. The Morgan fingerprint density at radius 2 is 1.52 bits per heavy atom. The highest BCUT2D eigenvalue weighted by atomic mass is 16.6. The molecule has 0 heterocycles. The molecule has 11 nitrogen and oxygen atoms in total. The Labute approximate surface area is 156 Å². The minimum Gasteiger partial charge on any atom is -0.458 e. The van der Waals surface area contributed by atoms with Crippen molar-refractivity contribution < 1.29 is 33.5 Å². The van der Waals surface area contributed by atoms with Gasteiger partial charge in [0, 0.05) is 12.8 Å². The molecule has 0 radical (unpaired) electrons. The normalized spacial score (nSPS) is 12.6. The largest absolute Gasteiger partial charge is 0.458 e. The summed E-state index contributed by atoms with van der Waals surface area (Å²) in [5.74, 6) is -2.51. The lowest BCUT2D eigenvalue weighted by Crippen LogP contribution is -2.50. The molecule has 0 aromatic rings. The number of rotatable bonds is 11. The molecular formula is C16H24N6O5. The number of carbonyl (C=O) groups excluding carboxylic acids is 4. The van der Waals surface area contributed by atoms with E-state index < -0.39 is 41.1 Å². The fourth-order valence-corrected chi connectivity index (χ4v) is 1.87. The first-order valence-electron chi connectivity index (χ1n) is 8.19. The molecule has 0 bridgehead atoms. The zero-order chi connectivity index (χ0) is 21.0. The van der Waals surface area contributed by atoms with Crippen LogP contribution >= 0.6 is 0 Å². The standard InChI is InChI=1S/C16H24N6O5/c1-16(2,3)27-15(26)13(7-5-11(24)9-21-19)22-14(25)12(17)6-4-10(23)8-20-18/h8-9,12-13H,4-7,17H2,1-3H3,(H,22,25)/t12-,13-/m0/s1. The van der Waals surface area contributed by atoms with Crippen LogP contribution in [0.3, 0.4) is 0 Å². The average molecular weight is 380 g/mol. The van der Waals surface area contributed by atoms with Gasteiger partial charge in [0.15, 0.2) is 0 Å². The molecule has 148 valence electrons. The molecule has 0 unspecified atom stereocenters. The van der Waals surface area contributed by atoms with Crippen molar-refractivity contribution in [3.63, 3.8) is 0 Å². The van der Waals surface area contributed by atoms with Gasteiger partial charge in [0.1, 0.15) is 11.6 Å². The van der Waals surface area contributed by atoms with Gasteiger partial charge in [0.05, 0.1) is 6.04 Å². The molecule has 0 fully saturated rings. The molecule has 0 aliphatic rings. The van der Waals surface area contributed by atoms with E-state index in [1.807, 2.05) is 0 Å². The lowest BCUT2D eigenvalue weighted by atomic mass is 10.1. The van der Waals surface area contributed by atoms with Crippen molar-refractivity contribution in [1.29, 1.82) is 0 Å². The number of ketones is 2. The minimum atomic E-state index is -1.14. The number of nitrogens with two attached hydrogens (primary N) is 1. The van der Waals surface area contributed by atoms with Gasteiger partial charge in [-0.05, 0) is 33.6 Å². The zero-order valence-electron chi connectivity index (χ0n) is 15.5. The number of nitrogens with one attached hydrogen (secondary N) is 1. The van der Waals surface area contributed by atoms with Gasteiger partial charge in [0.25, 0.3) is 0 Å². The van der Waals surface area contributed by atoms with E-state index in [2.05, 4.69) is 14.9 Å². The maximum atomic E-state index is 12.3. The number of amides is 1. The van der Waals surface area contributed by atoms with Crippen LogP contribution in [0.2, 0.25) is 0 Å². The summed E-state index contributed by atoms with van der Waals surface area (Å²) in [6.45, 7) is 4.94. The number of hydrogen-bond acceptors (Lipinski definition) is 6. The average Bonchev–Trinajstić information content (AvgIpc) is 2.55. The van der Waals surface area contributed by atoms with Gasteiger partial charge < -0.3 is 26.8 Å². The second kappa shape index (κ2) is 11.6. The van der Waals surface area contributed by atoms with E-state index in [9.17, 15) is 19.2 Å². The Morgan fingerprint density at radius 1 is 1.04 bits per heavy atom. The van der Waals surface area contributed by atoms with Crippen molar-refractivity contribution in [2.24, 2.45) is 5.73 Å². The quantitative estimate of drug-likeness (QED) is 0.209. The molecule has 0 aliphatic carbocycles. The lowest BCUT2D eigenvalue weighted by molar-refractivity contribution is -0.159. The van der Waals surface area contributed by atoms with Crippen LogP contribution in [0.4, 0.5) is 0 Å². The third-order valence-electron chi connectivity index (χ3n) is 3.13. The maximum Gasteiger partial charge on any atom is 0.329 e. The van der Waals surface area contributed by atoms with Gasteiger partial charge in [-0.3, -0.25) is 14.4 Å². The number of Topliss-reactive ketones (excluding diaryl/α,β-unsaturated/α-hetero) is 2. The fourth-order valence-electron chi connectivity index (χ4n) is 1.87. The number of ether oxygens (including phenoxy) is 1. The first-order valence-corrected chi connectivity index (χ1v) is 8.19. The molecule has 1 amide bonds. The van der Waals surface area contributed by atoms with Gasteiger partial charge in [-0.1, -0.05) is 0 Å². The summed E-state index contributed by atoms with van der Waals surface area (Å²) in [6, 6.07) is -2.24. The van der Waals surface area contributed by atoms with Crippen molar-refractivity contribution in [2.45, 2.75) is 64.1 Å². The summed E-state index contributed by atoms with van der Waals surface area (Å²) >= 11 is 0. The van der Waals surface area contributed by atoms with E-state index >= 15 is 0 Å². The van der Waals surface area contributed by atoms with Crippen LogP contribution in [0.5, 0.6) is 0 Å². The van der Waals surface area contributed by atoms with Crippen LogP contribution in [0.25, 0.3) is 11.1 Å². The predicted molar refractivity (Wildman–Crippen MR) is 93.6 cm³/mol. The molecule has 27 heavy (non-hydrogen) atoms. The highest BCUT2D eigenvalue weighted by Gasteiger charge is 2.29. The van der Waals surface area contributed by atoms with Crippen molar-refractivity contribution in [3.8, 4) is 0 Å². The van der Waals surface area contributed by atoms with Gasteiger partial charge in [-0.15, -0.1) is 0 Å².